The molecule has 0 bridgehead atoms. The lowest BCUT2D eigenvalue weighted by molar-refractivity contribution is 0.155. The zero-order valence-corrected chi connectivity index (χ0v) is 10.6. The first-order chi connectivity index (χ1) is 8.20. The van der Waals surface area contributed by atoms with Crippen molar-refractivity contribution in [2.45, 2.75) is 31.8 Å². The third-order valence-corrected chi connectivity index (χ3v) is 3.82. The highest BCUT2D eigenvalue weighted by Gasteiger charge is 2.22. The van der Waals surface area contributed by atoms with Crippen LogP contribution >= 0.6 is 0 Å². The summed E-state index contributed by atoms with van der Waals surface area (Å²) in [7, 11) is 2.02. The largest absolute Gasteiger partial charge is 0.317 e. The molecule has 1 aliphatic rings. The molecular formula is C14H21FN2. The summed E-state index contributed by atoms with van der Waals surface area (Å²) in [6.45, 7) is 4.33. The van der Waals surface area contributed by atoms with Crippen molar-refractivity contribution in [1.29, 1.82) is 0 Å². The molecule has 1 unspecified atom stereocenters. The van der Waals surface area contributed by atoms with E-state index in [0.717, 1.165) is 18.7 Å². The molecule has 0 radical (unpaired) electrons. The summed E-state index contributed by atoms with van der Waals surface area (Å²) in [5.74, 6) is -0.139. The molecule has 2 rings (SSSR count). The minimum Gasteiger partial charge on any atom is -0.317 e. The number of halogens is 1. The fraction of sp³-hybridized carbons (Fsp3) is 0.571. The monoisotopic (exact) mass is 236 g/mol. The summed E-state index contributed by atoms with van der Waals surface area (Å²) in [6.07, 6.45) is 2.35. The van der Waals surface area contributed by atoms with Gasteiger partial charge in [-0.15, -0.1) is 0 Å². The van der Waals surface area contributed by atoms with E-state index in [4.69, 9.17) is 0 Å². The van der Waals surface area contributed by atoms with Crippen LogP contribution in [0.4, 0.5) is 4.39 Å². The van der Waals surface area contributed by atoms with Crippen LogP contribution in [0.5, 0.6) is 0 Å². The number of piperidine rings is 1. The Hall–Kier alpha value is -0.930. The minimum absolute atomic E-state index is 0.139. The Bertz CT molecular complexity index is 359. The van der Waals surface area contributed by atoms with Crippen LogP contribution in [0.2, 0.25) is 0 Å². The lowest BCUT2D eigenvalue weighted by Crippen LogP contribution is -2.42. The van der Waals surface area contributed by atoms with E-state index in [1.54, 1.807) is 12.1 Å². The van der Waals surface area contributed by atoms with Crippen LogP contribution in [0.3, 0.4) is 0 Å². The van der Waals surface area contributed by atoms with Crippen LogP contribution in [0.25, 0.3) is 0 Å². The molecule has 3 heteroatoms. The van der Waals surface area contributed by atoms with Crippen LogP contribution < -0.4 is 5.32 Å². The third-order valence-electron chi connectivity index (χ3n) is 3.82. The van der Waals surface area contributed by atoms with Gasteiger partial charge in [0.1, 0.15) is 5.82 Å². The van der Waals surface area contributed by atoms with Crippen LogP contribution in [-0.2, 0) is 0 Å². The lowest BCUT2D eigenvalue weighted by atomic mass is 10.0. The maximum Gasteiger partial charge on any atom is 0.123 e. The molecule has 1 atom stereocenters. The van der Waals surface area contributed by atoms with E-state index in [1.807, 2.05) is 13.1 Å². The van der Waals surface area contributed by atoms with Gasteiger partial charge in [0.05, 0.1) is 0 Å². The molecule has 0 aromatic heterocycles. The molecule has 1 heterocycles. The van der Waals surface area contributed by atoms with E-state index in [1.165, 1.54) is 18.9 Å². The molecule has 2 nitrogen and oxygen atoms in total. The van der Waals surface area contributed by atoms with Crippen LogP contribution in [0.15, 0.2) is 24.3 Å². The summed E-state index contributed by atoms with van der Waals surface area (Å²) in [5.41, 5.74) is 1.08. The first kappa shape index (κ1) is 12.5. The van der Waals surface area contributed by atoms with Gasteiger partial charge in [0.15, 0.2) is 0 Å². The fourth-order valence-electron chi connectivity index (χ4n) is 2.55. The van der Waals surface area contributed by atoms with E-state index in [0.29, 0.717) is 12.1 Å². The van der Waals surface area contributed by atoms with Crippen LogP contribution in [0.1, 0.15) is 31.4 Å². The van der Waals surface area contributed by atoms with Crippen molar-refractivity contribution in [2.75, 3.05) is 20.1 Å². The fourth-order valence-corrected chi connectivity index (χ4v) is 2.55. The average molecular weight is 236 g/mol. The highest BCUT2D eigenvalue weighted by Crippen LogP contribution is 2.24. The van der Waals surface area contributed by atoms with Crippen LogP contribution in [-0.4, -0.2) is 31.1 Å². The van der Waals surface area contributed by atoms with E-state index < -0.39 is 0 Å². The molecular weight excluding hydrogens is 215 g/mol. The average Bonchev–Trinajstić information content (AvgIpc) is 2.38. The summed E-state index contributed by atoms with van der Waals surface area (Å²) in [6, 6.07) is 7.91. The highest BCUT2D eigenvalue weighted by atomic mass is 19.1. The topological polar surface area (TPSA) is 15.3 Å². The molecule has 1 aliphatic heterocycles. The Morgan fingerprint density at radius 1 is 1.35 bits per heavy atom. The number of likely N-dealkylation sites (tertiary alicyclic amines) is 1. The number of nitrogens with one attached hydrogen (secondary N) is 1. The molecule has 1 fully saturated rings. The molecule has 0 saturated carbocycles. The van der Waals surface area contributed by atoms with Gasteiger partial charge in [-0.25, -0.2) is 4.39 Å². The molecule has 1 saturated heterocycles. The number of nitrogens with zero attached hydrogens (tertiary/aromatic N) is 1. The smallest absolute Gasteiger partial charge is 0.123 e. The highest BCUT2D eigenvalue weighted by molar-refractivity contribution is 5.19. The predicted molar refractivity (Wildman–Crippen MR) is 68.5 cm³/mol. The molecule has 94 valence electrons. The molecule has 0 amide bonds. The summed E-state index contributed by atoms with van der Waals surface area (Å²) < 4.78 is 13.2. The van der Waals surface area contributed by atoms with Gasteiger partial charge in [-0.3, -0.25) is 4.90 Å². The third kappa shape index (κ3) is 3.05. The zero-order valence-electron chi connectivity index (χ0n) is 10.6. The van der Waals surface area contributed by atoms with Gasteiger partial charge in [-0.05, 0) is 44.5 Å². The Labute approximate surface area is 103 Å². The van der Waals surface area contributed by atoms with E-state index in [-0.39, 0.29) is 5.82 Å². The Balaban J connectivity index is 1.99. The van der Waals surface area contributed by atoms with E-state index in [2.05, 4.69) is 17.1 Å². The Morgan fingerprint density at radius 2 is 2.06 bits per heavy atom. The van der Waals surface area contributed by atoms with Crippen molar-refractivity contribution < 1.29 is 4.39 Å². The number of benzene rings is 1. The second kappa shape index (κ2) is 5.61. The van der Waals surface area contributed by atoms with Crippen molar-refractivity contribution >= 4 is 0 Å². The first-order valence-corrected chi connectivity index (χ1v) is 6.37. The molecule has 1 aromatic carbocycles. The first-order valence-electron chi connectivity index (χ1n) is 6.37. The SMILES string of the molecule is CNC1CCN(C(C)c2cccc(F)c2)CC1. The molecule has 1 aromatic rings. The molecule has 17 heavy (non-hydrogen) atoms. The van der Waals surface area contributed by atoms with Gasteiger partial charge < -0.3 is 5.32 Å². The standard InChI is InChI=1S/C14H21FN2/c1-11(12-4-3-5-13(15)10-12)17-8-6-14(16-2)7-9-17/h3-5,10-11,14,16H,6-9H2,1-2H3. The predicted octanol–water partition coefficient (Wildman–Crippen LogP) is 2.57. The second-order valence-corrected chi connectivity index (χ2v) is 4.83. The number of hydrogen-bond donors (Lipinski definition) is 1. The van der Waals surface area contributed by atoms with Gasteiger partial charge in [-0.1, -0.05) is 12.1 Å². The Kier molecular flexibility index (Phi) is 4.13. The van der Waals surface area contributed by atoms with E-state index >= 15 is 0 Å². The van der Waals surface area contributed by atoms with Crippen molar-refractivity contribution in [3.8, 4) is 0 Å². The quantitative estimate of drug-likeness (QED) is 0.867. The van der Waals surface area contributed by atoms with Gasteiger partial charge in [0.2, 0.25) is 0 Å². The summed E-state index contributed by atoms with van der Waals surface area (Å²) in [5, 5.41) is 3.33. The Morgan fingerprint density at radius 3 is 2.65 bits per heavy atom. The summed E-state index contributed by atoms with van der Waals surface area (Å²) in [4.78, 5) is 2.43. The maximum absolute atomic E-state index is 13.2. The van der Waals surface area contributed by atoms with Gasteiger partial charge in [0, 0.05) is 25.2 Å². The van der Waals surface area contributed by atoms with E-state index in [9.17, 15) is 4.39 Å². The number of hydrogen-bond acceptors (Lipinski definition) is 2. The second-order valence-electron chi connectivity index (χ2n) is 4.83. The minimum atomic E-state index is -0.139. The molecule has 0 spiro atoms. The zero-order chi connectivity index (χ0) is 12.3. The van der Waals surface area contributed by atoms with Crippen molar-refractivity contribution in [1.82, 2.24) is 10.2 Å². The van der Waals surface area contributed by atoms with Crippen molar-refractivity contribution in [3.63, 3.8) is 0 Å². The normalized spacial score (nSPS) is 20.4. The molecule has 1 N–H and O–H groups in total. The van der Waals surface area contributed by atoms with Gasteiger partial charge in [-0.2, -0.15) is 0 Å². The van der Waals surface area contributed by atoms with Gasteiger partial charge in [0.25, 0.3) is 0 Å². The van der Waals surface area contributed by atoms with Crippen molar-refractivity contribution in [2.24, 2.45) is 0 Å². The lowest BCUT2D eigenvalue weighted by Gasteiger charge is -2.36. The number of rotatable bonds is 3. The van der Waals surface area contributed by atoms with Crippen molar-refractivity contribution in [3.05, 3.63) is 35.6 Å². The molecule has 0 aliphatic carbocycles. The van der Waals surface area contributed by atoms with Gasteiger partial charge >= 0.3 is 0 Å². The van der Waals surface area contributed by atoms with Crippen LogP contribution in [0, 0.1) is 5.82 Å². The maximum atomic E-state index is 13.2. The summed E-state index contributed by atoms with van der Waals surface area (Å²) >= 11 is 0.